The van der Waals surface area contributed by atoms with Gasteiger partial charge in [-0.25, -0.2) is 0 Å². The summed E-state index contributed by atoms with van der Waals surface area (Å²) in [4.78, 5) is 0. The summed E-state index contributed by atoms with van der Waals surface area (Å²) in [6.07, 6.45) is 2.71. The minimum Gasteiger partial charge on any atom is -0.310 e. The largest absolute Gasteiger partial charge is 0.310 e. The predicted octanol–water partition coefficient (Wildman–Crippen LogP) is 3.67. The van der Waals surface area contributed by atoms with E-state index in [1.165, 1.54) is 29.5 Å². The molecule has 1 N–H and O–H groups in total. The summed E-state index contributed by atoms with van der Waals surface area (Å²) in [6, 6.07) is 11.8. The molecule has 2 aromatic rings. The summed E-state index contributed by atoms with van der Waals surface area (Å²) in [5, 5.41) is 7.84. The van der Waals surface area contributed by atoms with E-state index in [0.29, 0.717) is 0 Å². The van der Waals surface area contributed by atoms with E-state index >= 15 is 0 Å². The number of thiophene rings is 1. The van der Waals surface area contributed by atoms with Crippen LogP contribution in [-0.2, 0) is 6.54 Å². The summed E-state index contributed by atoms with van der Waals surface area (Å²) < 4.78 is 0. The maximum Gasteiger partial charge on any atom is 0.0208 e. The van der Waals surface area contributed by atoms with Crippen LogP contribution < -0.4 is 5.32 Å². The van der Waals surface area contributed by atoms with Crippen LogP contribution in [0.15, 0.2) is 41.1 Å². The highest BCUT2D eigenvalue weighted by molar-refractivity contribution is 7.08. The lowest BCUT2D eigenvalue weighted by molar-refractivity contribution is 0.688. The molecule has 1 aromatic carbocycles. The van der Waals surface area contributed by atoms with Crippen molar-refractivity contribution in [2.75, 3.05) is 0 Å². The average molecular weight is 229 g/mol. The van der Waals surface area contributed by atoms with Gasteiger partial charge in [0.05, 0.1) is 0 Å². The summed E-state index contributed by atoms with van der Waals surface area (Å²) in [5.74, 6) is 0. The highest BCUT2D eigenvalue weighted by Crippen LogP contribution is 2.23. The van der Waals surface area contributed by atoms with E-state index in [9.17, 15) is 0 Å². The second-order valence-electron chi connectivity index (χ2n) is 4.36. The summed E-state index contributed by atoms with van der Waals surface area (Å²) in [6.45, 7) is 1.01. The lowest BCUT2D eigenvalue weighted by Gasteiger charge is -2.04. The van der Waals surface area contributed by atoms with Crippen molar-refractivity contribution in [3.8, 4) is 11.1 Å². The Bertz CT molecular complexity index is 440. The van der Waals surface area contributed by atoms with Crippen LogP contribution in [0.25, 0.3) is 11.1 Å². The summed E-state index contributed by atoms with van der Waals surface area (Å²) in [5.41, 5.74) is 4.02. The van der Waals surface area contributed by atoms with Gasteiger partial charge in [-0.05, 0) is 46.4 Å². The van der Waals surface area contributed by atoms with Crippen molar-refractivity contribution in [1.82, 2.24) is 5.32 Å². The van der Waals surface area contributed by atoms with E-state index in [1.807, 2.05) is 0 Å². The molecule has 1 aromatic heterocycles. The van der Waals surface area contributed by atoms with Crippen LogP contribution in [-0.4, -0.2) is 6.04 Å². The van der Waals surface area contributed by atoms with Crippen molar-refractivity contribution >= 4 is 11.3 Å². The van der Waals surface area contributed by atoms with Gasteiger partial charge in [-0.2, -0.15) is 11.3 Å². The zero-order valence-corrected chi connectivity index (χ0v) is 9.96. The van der Waals surface area contributed by atoms with E-state index < -0.39 is 0 Å². The Labute approximate surface area is 100 Å². The molecule has 1 nitrogen and oxygen atoms in total. The molecular formula is C14H15NS. The molecule has 0 aliphatic heterocycles. The van der Waals surface area contributed by atoms with Crippen LogP contribution in [0.3, 0.4) is 0 Å². The third kappa shape index (κ3) is 2.34. The second kappa shape index (κ2) is 4.40. The molecule has 1 heterocycles. The van der Waals surface area contributed by atoms with Gasteiger partial charge in [0, 0.05) is 12.6 Å². The third-order valence-electron chi connectivity index (χ3n) is 2.98. The smallest absolute Gasteiger partial charge is 0.0208 e. The molecular weight excluding hydrogens is 214 g/mol. The monoisotopic (exact) mass is 229 g/mol. The van der Waals surface area contributed by atoms with Crippen LogP contribution >= 0.6 is 11.3 Å². The molecule has 82 valence electrons. The van der Waals surface area contributed by atoms with Gasteiger partial charge in [-0.15, -0.1) is 0 Å². The van der Waals surface area contributed by atoms with Gasteiger partial charge in [0.15, 0.2) is 0 Å². The first-order valence-corrected chi connectivity index (χ1v) is 6.71. The molecule has 0 bridgehead atoms. The first kappa shape index (κ1) is 10.1. The van der Waals surface area contributed by atoms with Crippen LogP contribution in [0.2, 0.25) is 0 Å². The normalized spacial score (nSPS) is 15.2. The zero-order valence-electron chi connectivity index (χ0n) is 9.15. The summed E-state index contributed by atoms with van der Waals surface area (Å²) >= 11 is 1.75. The molecule has 0 amide bonds. The Morgan fingerprint density at radius 1 is 1.06 bits per heavy atom. The second-order valence-corrected chi connectivity index (χ2v) is 5.14. The first-order valence-electron chi connectivity index (χ1n) is 5.77. The number of benzene rings is 1. The Morgan fingerprint density at radius 2 is 1.88 bits per heavy atom. The molecule has 2 heteroatoms. The molecule has 0 unspecified atom stereocenters. The van der Waals surface area contributed by atoms with Gasteiger partial charge in [-0.1, -0.05) is 24.3 Å². The molecule has 0 saturated heterocycles. The van der Waals surface area contributed by atoms with E-state index in [4.69, 9.17) is 0 Å². The quantitative estimate of drug-likeness (QED) is 0.843. The molecule has 1 saturated carbocycles. The standard InChI is InChI=1S/C14H15NS/c1-3-12(13-7-8-16-10-13)4-2-11(1)9-15-14-5-6-14/h1-4,7-8,10,14-15H,5-6,9H2. The third-order valence-corrected chi connectivity index (χ3v) is 3.66. The summed E-state index contributed by atoms with van der Waals surface area (Å²) in [7, 11) is 0. The van der Waals surface area contributed by atoms with Crippen LogP contribution in [0.1, 0.15) is 18.4 Å². The fourth-order valence-electron chi connectivity index (χ4n) is 1.79. The van der Waals surface area contributed by atoms with Gasteiger partial charge in [0.2, 0.25) is 0 Å². The lowest BCUT2D eigenvalue weighted by Crippen LogP contribution is -2.14. The predicted molar refractivity (Wildman–Crippen MR) is 69.6 cm³/mol. The molecule has 1 aliphatic carbocycles. The molecule has 0 spiro atoms. The Morgan fingerprint density at radius 3 is 2.50 bits per heavy atom. The SMILES string of the molecule is c1cc(-c2ccc(CNC3CC3)cc2)cs1. The van der Waals surface area contributed by atoms with Gasteiger partial charge >= 0.3 is 0 Å². The first-order chi connectivity index (χ1) is 7.92. The molecule has 16 heavy (non-hydrogen) atoms. The highest BCUT2D eigenvalue weighted by atomic mass is 32.1. The number of rotatable bonds is 4. The number of hydrogen-bond donors (Lipinski definition) is 1. The molecule has 1 fully saturated rings. The average Bonchev–Trinajstić information content (AvgIpc) is 3.00. The van der Waals surface area contributed by atoms with E-state index in [0.717, 1.165) is 12.6 Å². The Kier molecular flexibility index (Phi) is 2.77. The highest BCUT2D eigenvalue weighted by Gasteiger charge is 2.19. The number of hydrogen-bond acceptors (Lipinski definition) is 2. The van der Waals surface area contributed by atoms with Crippen molar-refractivity contribution in [3.63, 3.8) is 0 Å². The maximum absolute atomic E-state index is 3.53. The van der Waals surface area contributed by atoms with Gasteiger partial charge in [-0.3, -0.25) is 0 Å². The topological polar surface area (TPSA) is 12.0 Å². The molecule has 1 aliphatic rings. The van der Waals surface area contributed by atoms with Gasteiger partial charge in [0.25, 0.3) is 0 Å². The molecule has 0 atom stereocenters. The van der Waals surface area contributed by atoms with E-state index in [-0.39, 0.29) is 0 Å². The van der Waals surface area contributed by atoms with Crippen LogP contribution in [0.5, 0.6) is 0 Å². The Balaban J connectivity index is 1.69. The van der Waals surface area contributed by atoms with Crippen LogP contribution in [0, 0.1) is 0 Å². The maximum atomic E-state index is 3.53. The molecule has 3 rings (SSSR count). The van der Waals surface area contributed by atoms with Crippen molar-refractivity contribution < 1.29 is 0 Å². The van der Waals surface area contributed by atoms with Crippen molar-refractivity contribution in [3.05, 3.63) is 46.7 Å². The van der Waals surface area contributed by atoms with Crippen molar-refractivity contribution in [2.24, 2.45) is 0 Å². The van der Waals surface area contributed by atoms with Gasteiger partial charge in [0.1, 0.15) is 0 Å². The molecule has 0 radical (unpaired) electrons. The minimum atomic E-state index is 0.788. The van der Waals surface area contributed by atoms with E-state index in [1.54, 1.807) is 11.3 Å². The van der Waals surface area contributed by atoms with Crippen molar-refractivity contribution in [2.45, 2.75) is 25.4 Å². The van der Waals surface area contributed by atoms with Crippen molar-refractivity contribution in [1.29, 1.82) is 0 Å². The fraction of sp³-hybridized carbons (Fsp3) is 0.286. The minimum absolute atomic E-state index is 0.788. The lowest BCUT2D eigenvalue weighted by atomic mass is 10.1. The fourth-order valence-corrected chi connectivity index (χ4v) is 2.46. The van der Waals surface area contributed by atoms with E-state index in [2.05, 4.69) is 46.4 Å². The number of nitrogens with one attached hydrogen (secondary N) is 1. The zero-order chi connectivity index (χ0) is 10.8. The Hall–Kier alpha value is -1.12. The van der Waals surface area contributed by atoms with Crippen LogP contribution in [0.4, 0.5) is 0 Å². The van der Waals surface area contributed by atoms with Gasteiger partial charge < -0.3 is 5.32 Å².